The highest BCUT2D eigenvalue weighted by atomic mass is 19.1. The number of methoxy groups -OCH3 is 2. The van der Waals surface area contributed by atoms with Gasteiger partial charge in [0.2, 0.25) is 0 Å². The largest absolute Gasteiger partial charge is 0.494 e. The van der Waals surface area contributed by atoms with Crippen molar-refractivity contribution in [1.82, 2.24) is 35.4 Å². The number of ether oxygens (including phenoxy) is 2. The summed E-state index contributed by atoms with van der Waals surface area (Å²) >= 11 is 0. The number of nitrogens with one attached hydrogen (secondary N) is 2. The van der Waals surface area contributed by atoms with Crippen molar-refractivity contribution in [2.24, 2.45) is 0 Å². The van der Waals surface area contributed by atoms with Crippen molar-refractivity contribution in [2.45, 2.75) is 52.4 Å². The third-order valence-corrected chi connectivity index (χ3v) is 7.17. The molecule has 1 aliphatic heterocycles. The van der Waals surface area contributed by atoms with Crippen LogP contribution >= 0.6 is 0 Å². The lowest BCUT2D eigenvalue weighted by Gasteiger charge is -2.33. The van der Waals surface area contributed by atoms with Gasteiger partial charge in [-0.15, -0.1) is 5.10 Å². The van der Waals surface area contributed by atoms with Gasteiger partial charge in [-0.3, -0.25) is 9.48 Å². The second kappa shape index (κ2) is 11.2. The predicted octanol–water partition coefficient (Wildman–Crippen LogP) is 3.43. The number of aromatic nitrogens is 5. The van der Waals surface area contributed by atoms with Crippen LogP contribution < -0.4 is 15.4 Å². The molecular weight excluding hydrogens is 513 g/mol. The molecule has 4 aromatic rings. The van der Waals surface area contributed by atoms with E-state index in [9.17, 15) is 4.79 Å². The number of halogens is 1. The van der Waals surface area contributed by atoms with E-state index in [1.54, 1.807) is 37.2 Å². The van der Waals surface area contributed by atoms with Crippen LogP contribution in [0.25, 0.3) is 5.69 Å². The Morgan fingerprint density at radius 1 is 1.20 bits per heavy atom. The summed E-state index contributed by atoms with van der Waals surface area (Å²) in [7, 11) is 2.95. The molecule has 0 unspecified atom stereocenters. The number of hydrogen-bond acceptors (Lipinski definition) is 7. The molecule has 0 fully saturated rings. The minimum absolute atomic E-state index is 0.0707. The van der Waals surface area contributed by atoms with Gasteiger partial charge in [-0.1, -0.05) is 37.3 Å². The van der Waals surface area contributed by atoms with Crippen molar-refractivity contribution >= 4 is 5.91 Å². The number of rotatable bonds is 9. The third kappa shape index (κ3) is 5.47. The molecule has 2 aromatic heterocycles. The SMILES string of the molecule is COCc1nn(Cc2ccc3c(c2)CNCC3(C)C)cc1C(=O)NCc1c(-n2cc(C)nn2)ccc(OC)c1F. The molecule has 0 bridgehead atoms. The quantitative estimate of drug-likeness (QED) is 0.331. The molecule has 5 rings (SSSR count). The summed E-state index contributed by atoms with van der Waals surface area (Å²) in [5, 5.41) is 19.0. The van der Waals surface area contributed by atoms with Gasteiger partial charge in [0.05, 0.1) is 43.4 Å². The van der Waals surface area contributed by atoms with Gasteiger partial charge in [-0.25, -0.2) is 9.07 Å². The van der Waals surface area contributed by atoms with E-state index in [0.29, 0.717) is 29.2 Å². The molecule has 0 saturated heterocycles. The van der Waals surface area contributed by atoms with E-state index >= 15 is 4.39 Å². The molecular formula is C29H34FN7O3. The molecule has 2 aromatic carbocycles. The molecule has 40 heavy (non-hydrogen) atoms. The van der Waals surface area contributed by atoms with Gasteiger partial charge in [-0.2, -0.15) is 5.10 Å². The maximum Gasteiger partial charge on any atom is 0.255 e. The molecule has 10 nitrogen and oxygen atoms in total. The number of amides is 1. The van der Waals surface area contributed by atoms with Gasteiger partial charge in [0, 0.05) is 43.9 Å². The van der Waals surface area contributed by atoms with Gasteiger partial charge < -0.3 is 20.1 Å². The summed E-state index contributed by atoms with van der Waals surface area (Å²) in [5.74, 6) is -0.898. The Bertz CT molecular complexity index is 1540. The van der Waals surface area contributed by atoms with Gasteiger partial charge in [0.25, 0.3) is 5.91 Å². The lowest BCUT2D eigenvalue weighted by molar-refractivity contribution is 0.0945. The number of carbonyl (C=O) groups excluding carboxylic acids is 1. The molecule has 0 aliphatic carbocycles. The fourth-order valence-electron chi connectivity index (χ4n) is 5.18. The monoisotopic (exact) mass is 547 g/mol. The molecule has 0 saturated carbocycles. The summed E-state index contributed by atoms with van der Waals surface area (Å²) in [6.07, 6.45) is 3.39. The number of carbonyl (C=O) groups is 1. The van der Waals surface area contributed by atoms with Crippen molar-refractivity contribution in [3.05, 3.63) is 87.7 Å². The van der Waals surface area contributed by atoms with E-state index in [0.717, 1.165) is 18.7 Å². The lowest BCUT2D eigenvalue weighted by Crippen LogP contribution is -2.38. The number of fused-ring (bicyclic) bond motifs is 1. The maximum absolute atomic E-state index is 15.3. The highest BCUT2D eigenvalue weighted by molar-refractivity contribution is 5.95. The fraction of sp³-hybridized carbons (Fsp3) is 0.379. The van der Waals surface area contributed by atoms with Crippen LogP contribution in [-0.4, -0.2) is 51.4 Å². The number of nitrogens with zero attached hydrogens (tertiary/aromatic N) is 5. The topological polar surface area (TPSA) is 108 Å². The van der Waals surface area contributed by atoms with Crippen LogP contribution in [0.4, 0.5) is 4.39 Å². The van der Waals surface area contributed by atoms with Crippen LogP contribution in [0.2, 0.25) is 0 Å². The van der Waals surface area contributed by atoms with Crippen LogP contribution in [0, 0.1) is 12.7 Å². The van der Waals surface area contributed by atoms with Crippen molar-refractivity contribution < 1.29 is 18.7 Å². The van der Waals surface area contributed by atoms with Crippen LogP contribution in [0.3, 0.4) is 0 Å². The standard InChI is InChI=1S/C29H34FN7O3/c1-18-13-37(35-33-18)25-8-9-26(40-5)27(30)21(25)12-32-28(38)22-15-36(34-24(22)16-39-4)14-19-6-7-23-20(10-19)11-31-17-29(23,2)3/h6-10,13,15,31H,11-12,14,16-17H2,1-5H3,(H,32,38). The van der Waals surface area contributed by atoms with Crippen molar-refractivity contribution in [3.8, 4) is 11.4 Å². The van der Waals surface area contributed by atoms with Crippen molar-refractivity contribution in [1.29, 1.82) is 0 Å². The zero-order valence-corrected chi connectivity index (χ0v) is 23.4. The van der Waals surface area contributed by atoms with Crippen LogP contribution in [0.5, 0.6) is 5.75 Å². The molecule has 0 radical (unpaired) electrons. The number of hydrogen-bond donors (Lipinski definition) is 2. The average Bonchev–Trinajstić information content (AvgIpc) is 3.53. The van der Waals surface area contributed by atoms with Gasteiger partial charge in [-0.05, 0) is 35.7 Å². The van der Waals surface area contributed by atoms with Crippen LogP contribution in [0.15, 0.2) is 42.7 Å². The van der Waals surface area contributed by atoms with E-state index in [1.165, 1.54) is 29.0 Å². The summed E-state index contributed by atoms with van der Waals surface area (Å²) in [6.45, 7) is 8.60. The molecule has 3 heterocycles. The van der Waals surface area contributed by atoms with Gasteiger partial charge in [0.15, 0.2) is 11.6 Å². The molecule has 0 atom stereocenters. The Labute approximate surface area is 232 Å². The summed E-state index contributed by atoms with van der Waals surface area (Å²) in [5.41, 5.74) is 6.01. The molecule has 1 aliphatic rings. The smallest absolute Gasteiger partial charge is 0.255 e. The second-order valence-corrected chi connectivity index (χ2v) is 10.7. The van der Waals surface area contributed by atoms with Crippen molar-refractivity contribution in [3.63, 3.8) is 0 Å². The van der Waals surface area contributed by atoms with Gasteiger partial charge >= 0.3 is 0 Å². The normalized spacial score (nSPS) is 14.2. The maximum atomic E-state index is 15.3. The average molecular weight is 548 g/mol. The summed E-state index contributed by atoms with van der Waals surface area (Å²) in [4.78, 5) is 13.3. The third-order valence-electron chi connectivity index (χ3n) is 7.17. The highest BCUT2D eigenvalue weighted by Crippen LogP contribution is 2.30. The van der Waals surface area contributed by atoms with E-state index in [2.05, 4.69) is 58.1 Å². The first-order valence-corrected chi connectivity index (χ1v) is 13.1. The Hall–Kier alpha value is -4.09. The summed E-state index contributed by atoms with van der Waals surface area (Å²) < 4.78 is 29.0. The van der Waals surface area contributed by atoms with Gasteiger partial charge in [0.1, 0.15) is 5.69 Å². The van der Waals surface area contributed by atoms with E-state index < -0.39 is 11.7 Å². The van der Waals surface area contributed by atoms with E-state index in [-0.39, 0.29) is 29.9 Å². The Morgan fingerprint density at radius 3 is 2.75 bits per heavy atom. The van der Waals surface area contributed by atoms with Crippen molar-refractivity contribution in [2.75, 3.05) is 20.8 Å². The van der Waals surface area contributed by atoms with E-state index in [4.69, 9.17) is 9.47 Å². The second-order valence-electron chi connectivity index (χ2n) is 10.7. The minimum atomic E-state index is -0.577. The summed E-state index contributed by atoms with van der Waals surface area (Å²) in [6, 6.07) is 9.70. The van der Waals surface area contributed by atoms with Crippen LogP contribution in [0.1, 0.15) is 57.8 Å². The first-order chi connectivity index (χ1) is 19.2. The Morgan fingerprint density at radius 2 is 2.02 bits per heavy atom. The molecule has 11 heteroatoms. The first-order valence-electron chi connectivity index (χ1n) is 13.1. The zero-order valence-electron chi connectivity index (χ0n) is 23.4. The zero-order chi connectivity index (χ0) is 28.4. The number of aryl methyl sites for hydroxylation is 1. The molecule has 1 amide bonds. The first kappa shape index (κ1) is 27.5. The Balaban J connectivity index is 1.38. The molecule has 0 spiro atoms. The fourth-order valence-corrected chi connectivity index (χ4v) is 5.18. The Kier molecular flexibility index (Phi) is 7.68. The molecule has 210 valence electrons. The van der Waals surface area contributed by atoms with Crippen LogP contribution in [-0.2, 0) is 36.4 Å². The highest BCUT2D eigenvalue weighted by Gasteiger charge is 2.27. The minimum Gasteiger partial charge on any atom is -0.494 e. The molecule has 2 N–H and O–H groups in total. The predicted molar refractivity (Wildman–Crippen MR) is 147 cm³/mol. The number of benzene rings is 2. The van der Waals surface area contributed by atoms with E-state index in [1.807, 2.05) is 0 Å². The lowest BCUT2D eigenvalue weighted by atomic mass is 9.79.